The first-order chi connectivity index (χ1) is 12.6. The summed E-state index contributed by atoms with van der Waals surface area (Å²) in [4.78, 5) is 22.4. The number of rotatable bonds is 7. The highest BCUT2D eigenvalue weighted by atomic mass is 127. The van der Waals surface area contributed by atoms with Crippen LogP contribution in [0.15, 0.2) is 53.7 Å². The molecule has 2 aromatic rings. The lowest BCUT2D eigenvalue weighted by Crippen LogP contribution is -2.43. The first-order valence-corrected chi connectivity index (χ1v) is 8.73. The van der Waals surface area contributed by atoms with Gasteiger partial charge in [-0.25, -0.2) is 0 Å². The number of nitrogens with zero attached hydrogens (tertiary/aromatic N) is 3. The van der Waals surface area contributed by atoms with Gasteiger partial charge in [-0.15, -0.1) is 24.0 Å². The van der Waals surface area contributed by atoms with Crippen LogP contribution < -0.4 is 10.6 Å². The molecular weight excluding hydrogens is 453 g/mol. The van der Waals surface area contributed by atoms with Gasteiger partial charge in [0.25, 0.3) is 0 Å². The Labute approximate surface area is 178 Å². The second kappa shape index (κ2) is 12.3. The van der Waals surface area contributed by atoms with Crippen molar-refractivity contribution in [2.24, 2.45) is 4.99 Å². The predicted octanol–water partition coefficient (Wildman–Crippen LogP) is 2.37. The van der Waals surface area contributed by atoms with Gasteiger partial charge >= 0.3 is 0 Å². The highest BCUT2D eigenvalue weighted by Gasteiger charge is 2.10. The third-order valence-corrected chi connectivity index (χ3v) is 4.19. The van der Waals surface area contributed by atoms with Gasteiger partial charge in [0.05, 0.1) is 6.54 Å². The quantitative estimate of drug-likeness (QED) is 0.362. The maximum Gasteiger partial charge on any atom is 0.241 e. The first kappa shape index (κ1) is 22.9. The van der Waals surface area contributed by atoms with Crippen LogP contribution in [0.25, 0.3) is 0 Å². The molecule has 0 saturated carbocycles. The summed E-state index contributed by atoms with van der Waals surface area (Å²) >= 11 is 0. The van der Waals surface area contributed by atoms with E-state index in [1.54, 1.807) is 25.2 Å². The molecule has 0 bridgehead atoms. The van der Waals surface area contributed by atoms with Crippen LogP contribution >= 0.6 is 24.0 Å². The molecule has 27 heavy (non-hydrogen) atoms. The lowest BCUT2D eigenvalue weighted by atomic mass is 10.1. The summed E-state index contributed by atoms with van der Waals surface area (Å²) in [5.41, 5.74) is 3.41. The normalized spacial score (nSPS) is 10.7. The van der Waals surface area contributed by atoms with Crippen LogP contribution in [-0.4, -0.2) is 48.9 Å². The Hall–Kier alpha value is -2.16. The molecule has 146 valence electrons. The number of pyridine rings is 1. The van der Waals surface area contributed by atoms with Crippen LogP contribution in [0, 0.1) is 6.92 Å². The summed E-state index contributed by atoms with van der Waals surface area (Å²) in [6.45, 7) is 3.57. The second-order valence-electron chi connectivity index (χ2n) is 6.09. The van der Waals surface area contributed by atoms with E-state index in [2.05, 4.69) is 39.7 Å². The average Bonchev–Trinajstić information content (AvgIpc) is 2.68. The summed E-state index contributed by atoms with van der Waals surface area (Å²) in [5, 5.41) is 6.31. The van der Waals surface area contributed by atoms with E-state index < -0.39 is 0 Å². The van der Waals surface area contributed by atoms with Gasteiger partial charge in [0.15, 0.2) is 5.96 Å². The number of hydrogen-bond acceptors (Lipinski definition) is 3. The minimum absolute atomic E-state index is 0. The molecule has 1 amide bonds. The number of halogens is 1. The van der Waals surface area contributed by atoms with Crippen molar-refractivity contribution in [1.82, 2.24) is 20.5 Å². The second-order valence-corrected chi connectivity index (χ2v) is 6.09. The largest absolute Gasteiger partial charge is 0.352 e. The highest BCUT2D eigenvalue weighted by molar-refractivity contribution is 14.0. The van der Waals surface area contributed by atoms with Crippen LogP contribution in [0.1, 0.15) is 16.8 Å². The molecule has 0 aliphatic rings. The van der Waals surface area contributed by atoms with Gasteiger partial charge in [0.2, 0.25) is 5.91 Å². The topological polar surface area (TPSA) is 69.6 Å². The molecule has 0 radical (unpaired) electrons. The molecule has 1 aromatic carbocycles. The van der Waals surface area contributed by atoms with E-state index in [1.807, 2.05) is 30.3 Å². The lowest BCUT2D eigenvalue weighted by molar-refractivity contribution is -0.128. The number of hydrogen-bond donors (Lipinski definition) is 2. The van der Waals surface area contributed by atoms with Crippen molar-refractivity contribution >= 4 is 35.8 Å². The third-order valence-electron chi connectivity index (χ3n) is 4.19. The summed E-state index contributed by atoms with van der Waals surface area (Å²) in [5.74, 6) is 0.625. The molecule has 0 saturated heterocycles. The Kier molecular flexibility index (Phi) is 10.4. The van der Waals surface area contributed by atoms with E-state index in [4.69, 9.17) is 0 Å². The molecule has 7 heteroatoms. The molecule has 0 atom stereocenters. The number of nitrogens with one attached hydrogen (secondary N) is 2. The Balaban J connectivity index is 0.00000364. The molecule has 1 aromatic heterocycles. The van der Waals surface area contributed by atoms with E-state index >= 15 is 0 Å². The van der Waals surface area contributed by atoms with E-state index in [9.17, 15) is 4.79 Å². The number of guanidine groups is 1. The number of carbonyl (C=O) groups excluding carboxylic acids is 1. The predicted molar refractivity (Wildman–Crippen MR) is 120 cm³/mol. The van der Waals surface area contributed by atoms with Crippen molar-refractivity contribution in [1.29, 1.82) is 0 Å². The zero-order valence-electron chi connectivity index (χ0n) is 16.1. The molecule has 1 heterocycles. The number of amides is 1. The maximum atomic E-state index is 12.3. The lowest BCUT2D eigenvalue weighted by Gasteiger charge is -2.18. The SMILES string of the molecule is CN=C(NCC(=O)N(C)CCc1ccccn1)NCc1ccccc1C.I. The van der Waals surface area contributed by atoms with Crippen molar-refractivity contribution in [3.05, 3.63) is 65.5 Å². The Morgan fingerprint density at radius 1 is 1.15 bits per heavy atom. The summed E-state index contributed by atoms with van der Waals surface area (Å²) in [7, 11) is 3.50. The van der Waals surface area contributed by atoms with Gasteiger partial charge in [-0.05, 0) is 30.2 Å². The standard InChI is InChI=1S/C20H27N5O.HI/c1-16-8-4-5-9-17(16)14-23-20(21-2)24-15-19(26)25(3)13-11-18-10-6-7-12-22-18;/h4-10,12H,11,13-15H2,1-3H3,(H2,21,23,24);1H. The number of aliphatic imine (C=N–C) groups is 1. The smallest absolute Gasteiger partial charge is 0.241 e. The highest BCUT2D eigenvalue weighted by Crippen LogP contribution is 2.05. The third kappa shape index (κ3) is 7.94. The fraction of sp³-hybridized carbons (Fsp3) is 0.350. The van der Waals surface area contributed by atoms with Crippen molar-refractivity contribution in [3.63, 3.8) is 0 Å². The Morgan fingerprint density at radius 2 is 1.89 bits per heavy atom. The molecule has 0 fully saturated rings. The van der Waals surface area contributed by atoms with Crippen molar-refractivity contribution in [2.75, 3.05) is 27.2 Å². The summed E-state index contributed by atoms with van der Waals surface area (Å²) in [6.07, 6.45) is 2.51. The van der Waals surface area contributed by atoms with Crippen LogP contribution in [0.5, 0.6) is 0 Å². The van der Waals surface area contributed by atoms with E-state index in [0.29, 0.717) is 19.0 Å². The van der Waals surface area contributed by atoms with Crippen molar-refractivity contribution in [3.8, 4) is 0 Å². The van der Waals surface area contributed by atoms with Crippen molar-refractivity contribution < 1.29 is 4.79 Å². The number of aromatic nitrogens is 1. The van der Waals surface area contributed by atoms with E-state index in [-0.39, 0.29) is 36.4 Å². The van der Waals surface area contributed by atoms with Gasteiger partial charge < -0.3 is 15.5 Å². The number of aryl methyl sites for hydroxylation is 1. The molecule has 2 N–H and O–H groups in total. The summed E-state index contributed by atoms with van der Waals surface area (Å²) in [6, 6.07) is 14.0. The molecule has 6 nitrogen and oxygen atoms in total. The van der Waals surface area contributed by atoms with Gasteiger partial charge in [-0.2, -0.15) is 0 Å². The molecule has 0 spiro atoms. The van der Waals surface area contributed by atoms with Crippen LogP contribution in [0.2, 0.25) is 0 Å². The van der Waals surface area contributed by atoms with E-state index in [1.165, 1.54) is 11.1 Å². The van der Waals surface area contributed by atoms with Crippen LogP contribution in [-0.2, 0) is 17.8 Å². The number of carbonyl (C=O) groups is 1. The van der Waals surface area contributed by atoms with Crippen LogP contribution in [0.4, 0.5) is 0 Å². The fourth-order valence-electron chi connectivity index (χ4n) is 2.46. The minimum atomic E-state index is 0. The van der Waals surface area contributed by atoms with Gasteiger partial charge in [0, 0.05) is 45.5 Å². The van der Waals surface area contributed by atoms with E-state index in [0.717, 1.165) is 12.1 Å². The average molecular weight is 481 g/mol. The number of benzene rings is 1. The Bertz CT molecular complexity index is 736. The fourth-order valence-corrected chi connectivity index (χ4v) is 2.46. The van der Waals surface area contributed by atoms with Crippen molar-refractivity contribution in [2.45, 2.75) is 19.9 Å². The molecule has 0 aliphatic heterocycles. The van der Waals surface area contributed by atoms with Gasteiger partial charge in [0.1, 0.15) is 0 Å². The zero-order chi connectivity index (χ0) is 18.8. The molecular formula is C20H28IN5O. The molecule has 0 aliphatic carbocycles. The Morgan fingerprint density at radius 3 is 2.56 bits per heavy atom. The monoisotopic (exact) mass is 481 g/mol. The molecule has 0 unspecified atom stereocenters. The zero-order valence-corrected chi connectivity index (χ0v) is 18.4. The van der Waals surface area contributed by atoms with Gasteiger partial charge in [-0.3, -0.25) is 14.8 Å². The number of likely N-dealkylation sites (N-methyl/N-ethyl adjacent to an activating group) is 1. The maximum absolute atomic E-state index is 12.3. The summed E-state index contributed by atoms with van der Waals surface area (Å²) < 4.78 is 0. The molecule has 2 rings (SSSR count). The van der Waals surface area contributed by atoms with Gasteiger partial charge in [-0.1, -0.05) is 30.3 Å². The first-order valence-electron chi connectivity index (χ1n) is 8.73. The minimum Gasteiger partial charge on any atom is -0.352 e. The van der Waals surface area contributed by atoms with Crippen LogP contribution in [0.3, 0.4) is 0 Å².